The van der Waals surface area contributed by atoms with E-state index in [-0.39, 0.29) is 5.75 Å². The van der Waals surface area contributed by atoms with Gasteiger partial charge in [-0.05, 0) is 24.3 Å². The first-order chi connectivity index (χ1) is 9.20. The van der Waals surface area contributed by atoms with Crippen LogP contribution in [0.25, 0.3) is 0 Å². The molecule has 3 nitrogen and oxygen atoms in total. The maximum Gasteiger partial charge on any atom is 0.335 e. The van der Waals surface area contributed by atoms with E-state index in [1.807, 2.05) is 18.2 Å². The molecule has 0 aliphatic heterocycles. The quantitative estimate of drug-likeness (QED) is 0.524. The summed E-state index contributed by atoms with van der Waals surface area (Å²) in [4.78, 5) is 12.7. The van der Waals surface area contributed by atoms with Gasteiger partial charge in [0, 0.05) is 6.08 Å². The maximum atomic E-state index is 11.3. The fourth-order valence-electron chi connectivity index (χ4n) is 1.43. The second kappa shape index (κ2) is 6.11. The standard InChI is InChI=1S/C15H12O3S/c1-2-15(17)18-12-8-4-6-10-14(12)19-13-9-5-3-7-11(13)16/h2-10,16H,1H2. The van der Waals surface area contributed by atoms with Gasteiger partial charge in [-0.25, -0.2) is 4.79 Å². The van der Waals surface area contributed by atoms with Crippen LogP contribution in [-0.4, -0.2) is 11.1 Å². The molecule has 0 heterocycles. The average molecular weight is 272 g/mol. The van der Waals surface area contributed by atoms with Crippen molar-refractivity contribution in [1.29, 1.82) is 0 Å². The molecule has 1 N–H and O–H groups in total. The van der Waals surface area contributed by atoms with Crippen molar-refractivity contribution in [3.63, 3.8) is 0 Å². The lowest BCUT2D eigenvalue weighted by Gasteiger charge is -2.09. The highest BCUT2D eigenvalue weighted by Gasteiger charge is 2.09. The number of phenolic OH excluding ortho intramolecular Hbond substituents is 1. The van der Waals surface area contributed by atoms with Gasteiger partial charge in [0.05, 0.1) is 9.79 Å². The van der Waals surface area contributed by atoms with Crippen molar-refractivity contribution >= 4 is 17.7 Å². The topological polar surface area (TPSA) is 46.5 Å². The molecule has 4 heteroatoms. The van der Waals surface area contributed by atoms with E-state index < -0.39 is 5.97 Å². The molecule has 0 aliphatic carbocycles. The lowest BCUT2D eigenvalue weighted by Crippen LogP contribution is -2.03. The van der Waals surface area contributed by atoms with Crippen molar-refractivity contribution < 1.29 is 14.6 Å². The van der Waals surface area contributed by atoms with Crippen molar-refractivity contribution in [1.82, 2.24) is 0 Å². The first-order valence-electron chi connectivity index (χ1n) is 5.60. The van der Waals surface area contributed by atoms with E-state index >= 15 is 0 Å². The van der Waals surface area contributed by atoms with Crippen molar-refractivity contribution in [2.45, 2.75) is 9.79 Å². The Hall–Kier alpha value is -2.20. The number of ether oxygens (including phenoxy) is 1. The van der Waals surface area contributed by atoms with Crippen molar-refractivity contribution in [3.8, 4) is 11.5 Å². The molecule has 0 saturated heterocycles. The Morgan fingerprint density at radius 2 is 1.74 bits per heavy atom. The summed E-state index contributed by atoms with van der Waals surface area (Å²) in [5, 5.41) is 9.75. The molecule has 2 aromatic carbocycles. The van der Waals surface area contributed by atoms with Crippen LogP contribution in [0.4, 0.5) is 0 Å². The van der Waals surface area contributed by atoms with Crippen LogP contribution in [-0.2, 0) is 4.79 Å². The fraction of sp³-hybridized carbons (Fsp3) is 0. The summed E-state index contributed by atoms with van der Waals surface area (Å²) in [6, 6.07) is 14.1. The number of aromatic hydroxyl groups is 1. The summed E-state index contributed by atoms with van der Waals surface area (Å²) < 4.78 is 5.15. The first-order valence-corrected chi connectivity index (χ1v) is 6.41. The van der Waals surface area contributed by atoms with Gasteiger partial charge in [0.2, 0.25) is 0 Å². The number of esters is 1. The Balaban J connectivity index is 2.28. The highest BCUT2D eigenvalue weighted by atomic mass is 32.2. The van der Waals surface area contributed by atoms with Gasteiger partial charge in [0.1, 0.15) is 11.5 Å². The van der Waals surface area contributed by atoms with Crippen molar-refractivity contribution in [2.24, 2.45) is 0 Å². The Morgan fingerprint density at radius 1 is 1.11 bits per heavy atom. The molecule has 19 heavy (non-hydrogen) atoms. The molecule has 0 atom stereocenters. The molecule has 2 rings (SSSR count). The zero-order valence-electron chi connectivity index (χ0n) is 10.1. The molecule has 0 saturated carbocycles. The highest BCUT2D eigenvalue weighted by molar-refractivity contribution is 7.99. The van der Waals surface area contributed by atoms with E-state index in [0.717, 1.165) is 11.0 Å². The summed E-state index contributed by atoms with van der Waals surface area (Å²) in [5.74, 6) is 0.128. The van der Waals surface area contributed by atoms with Gasteiger partial charge in [-0.2, -0.15) is 0 Å². The smallest absolute Gasteiger partial charge is 0.335 e. The van der Waals surface area contributed by atoms with Gasteiger partial charge in [0.25, 0.3) is 0 Å². The van der Waals surface area contributed by atoms with Gasteiger partial charge < -0.3 is 9.84 Å². The molecule has 0 unspecified atom stereocenters. The van der Waals surface area contributed by atoms with Crippen LogP contribution in [0, 0.1) is 0 Å². The molecular weight excluding hydrogens is 260 g/mol. The zero-order chi connectivity index (χ0) is 13.7. The van der Waals surface area contributed by atoms with Crippen LogP contribution in [0.5, 0.6) is 11.5 Å². The molecule has 96 valence electrons. The molecular formula is C15H12O3S. The molecule has 0 amide bonds. The third kappa shape index (κ3) is 3.39. The van der Waals surface area contributed by atoms with E-state index in [9.17, 15) is 9.90 Å². The minimum absolute atomic E-state index is 0.192. The van der Waals surface area contributed by atoms with Crippen LogP contribution in [0.15, 0.2) is 71.0 Å². The number of benzene rings is 2. The zero-order valence-corrected chi connectivity index (χ0v) is 10.9. The molecule has 2 aromatic rings. The van der Waals surface area contributed by atoms with E-state index in [1.54, 1.807) is 30.3 Å². The van der Waals surface area contributed by atoms with E-state index in [4.69, 9.17) is 4.74 Å². The van der Waals surface area contributed by atoms with Crippen LogP contribution in [0.3, 0.4) is 0 Å². The highest BCUT2D eigenvalue weighted by Crippen LogP contribution is 2.38. The number of para-hydroxylation sites is 2. The summed E-state index contributed by atoms with van der Waals surface area (Å²) in [6.07, 6.45) is 1.11. The van der Waals surface area contributed by atoms with Crippen LogP contribution >= 0.6 is 11.8 Å². The minimum Gasteiger partial charge on any atom is -0.507 e. The normalized spacial score (nSPS) is 9.89. The minimum atomic E-state index is -0.509. The second-order valence-electron chi connectivity index (χ2n) is 3.64. The molecule has 0 spiro atoms. The number of hydrogen-bond donors (Lipinski definition) is 1. The van der Waals surface area contributed by atoms with Crippen molar-refractivity contribution in [2.75, 3.05) is 0 Å². The molecule has 0 aromatic heterocycles. The van der Waals surface area contributed by atoms with E-state index in [1.165, 1.54) is 11.8 Å². The Kier molecular flexibility index (Phi) is 4.26. The second-order valence-corrected chi connectivity index (χ2v) is 4.73. The molecule has 0 radical (unpaired) electrons. The third-order valence-corrected chi connectivity index (χ3v) is 3.43. The van der Waals surface area contributed by atoms with Gasteiger partial charge in [-0.15, -0.1) is 0 Å². The fourth-order valence-corrected chi connectivity index (χ4v) is 2.34. The molecule has 0 bridgehead atoms. The van der Waals surface area contributed by atoms with Crippen LogP contribution in [0.1, 0.15) is 0 Å². The Labute approximate surface area is 115 Å². The summed E-state index contributed by atoms with van der Waals surface area (Å²) in [5.41, 5.74) is 0. The number of phenols is 1. The number of rotatable bonds is 4. The average Bonchev–Trinajstić information content (AvgIpc) is 2.43. The first kappa shape index (κ1) is 13.2. The summed E-state index contributed by atoms with van der Waals surface area (Å²) >= 11 is 1.33. The Bertz CT molecular complexity index is 608. The monoisotopic (exact) mass is 272 g/mol. The number of carbonyl (C=O) groups is 1. The summed E-state index contributed by atoms with van der Waals surface area (Å²) in [6.45, 7) is 3.36. The predicted molar refractivity (Wildman–Crippen MR) is 74.5 cm³/mol. The van der Waals surface area contributed by atoms with Crippen LogP contribution < -0.4 is 4.74 Å². The molecule has 0 fully saturated rings. The predicted octanol–water partition coefficient (Wildman–Crippen LogP) is 3.63. The van der Waals surface area contributed by atoms with E-state index in [2.05, 4.69) is 6.58 Å². The van der Waals surface area contributed by atoms with Crippen LogP contribution in [0.2, 0.25) is 0 Å². The molecule has 0 aliphatic rings. The lowest BCUT2D eigenvalue weighted by molar-refractivity contribution is -0.129. The van der Waals surface area contributed by atoms with Gasteiger partial charge >= 0.3 is 5.97 Å². The third-order valence-electron chi connectivity index (χ3n) is 2.31. The largest absolute Gasteiger partial charge is 0.507 e. The maximum absolute atomic E-state index is 11.3. The summed E-state index contributed by atoms with van der Waals surface area (Å²) in [7, 11) is 0. The van der Waals surface area contributed by atoms with E-state index in [0.29, 0.717) is 10.6 Å². The van der Waals surface area contributed by atoms with Gasteiger partial charge in [-0.3, -0.25) is 0 Å². The van der Waals surface area contributed by atoms with Crippen molar-refractivity contribution in [3.05, 3.63) is 61.2 Å². The van der Waals surface area contributed by atoms with Gasteiger partial charge in [0.15, 0.2) is 0 Å². The lowest BCUT2D eigenvalue weighted by atomic mass is 10.3. The van der Waals surface area contributed by atoms with Gasteiger partial charge in [-0.1, -0.05) is 42.6 Å². The number of hydrogen-bond acceptors (Lipinski definition) is 4. The SMILES string of the molecule is C=CC(=O)Oc1ccccc1Sc1ccccc1O. The number of carbonyl (C=O) groups excluding carboxylic acids is 1. The Morgan fingerprint density at radius 3 is 2.42 bits per heavy atom.